The second-order valence-corrected chi connectivity index (χ2v) is 3.77. The average molecular weight is 277 g/mol. The van der Waals surface area contributed by atoms with Crippen molar-refractivity contribution < 1.29 is 13.9 Å². The molecule has 0 aliphatic carbocycles. The van der Waals surface area contributed by atoms with Crippen LogP contribution in [0, 0.1) is 5.82 Å². The molecule has 0 amide bonds. The van der Waals surface area contributed by atoms with Gasteiger partial charge in [0.05, 0.1) is 4.47 Å². The molecule has 84 valence electrons. The van der Waals surface area contributed by atoms with Crippen molar-refractivity contribution in [1.29, 1.82) is 0 Å². The Morgan fingerprint density at radius 1 is 1.27 bits per heavy atom. The van der Waals surface area contributed by atoms with Gasteiger partial charge in [0.1, 0.15) is 5.82 Å². The summed E-state index contributed by atoms with van der Waals surface area (Å²) in [6.45, 7) is 4.90. The fraction of sp³-hybridized carbons (Fsp3) is 0.455. The van der Waals surface area contributed by atoms with Crippen LogP contribution in [0.1, 0.15) is 25.7 Å². The highest BCUT2D eigenvalue weighted by molar-refractivity contribution is 9.10. The topological polar surface area (TPSA) is 18.5 Å². The van der Waals surface area contributed by atoms with E-state index in [0.29, 0.717) is 17.7 Å². The molecule has 0 radical (unpaired) electrons. The molecule has 0 unspecified atom stereocenters. The first-order valence-electron chi connectivity index (χ1n) is 4.87. The summed E-state index contributed by atoms with van der Waals surface area (Å²) in [6, 6.07) is 4.73. The van der Waals surface area contributed by atoms with Gasteiger partial charge >= 0.3 is 0 Å². The highest BCUT2D eigenvalue weighted by Gasteiger charge is 2.12. The van der Waals surface area contributed by atoms with E-state index in [4.69, 9.17) is 9.47 Å². The van der Waals surface area contributed by atoms with E-state index in [9.17, 15) is 4.39 Å². The van der Waals surface area contributed by atoms with E-state index in [-0.39, 0.29) is 5.82 Å². The van der Waals surface area contributed by atoms with Crippen molar-refractivity contribution in [1.82, 2.24) is 0 Å². The molecule has 15 heavy (non-hydrogen) atoms. The summed E-state index contributed by atoms with van der Waals surface area (Å²) in [4.78, 5) is 0. The van der Waals surface area contributed by atoms with Gasteiger partial charge in [0.25, 0.3) is 0 Å². The number of ether oxygens (including phenoxy) is 2. The molecule has 0 heterocycles. The SMILES string of the molecule is CCOC(OCC)c1ccc(F)c(Br)c1. The molecule has 0 saturated carbocycles. The molecule has 0 aliphatic rings. The minimum Gasteiger partial charge on any atom is -0.349 e. The molecule has 0 spiro atoms. The van der Waals surface area contributed by atoms with Gasteiger partial charge in [0, 0.05) is 18.8 Å². The van der Waals surface area contributed by atoms with Crippen molar-refractivity contribution in [3.8, 4) is 0 Å². The Bertz CT molecular complexity index is 311. The number of hydrogen-bond donors (Lipinski definition) is 0. The predicted molar refractivity (Wildman–Crippen MR) is 60.1 cm³/mol. The first-order valence-corrected chi connectivity index (χ1v) is 5.66. The van der Waals surface area contributed by atoms with Gasteiger partial charge in [0.2, 0.25) is 0 Å². The molecule has 0 saturated heterocycles. The van der Waals surface area contributed by atoms with Crippen LogP contribution in [0.5, 0.6) is 0 Å². The minimum atomic E-state index is -0.420. The standard InChI is InChI=1S/C11H14BrFO2/c1-3-14-11(15-4-2)8-5-6-10(13)9(12)7-8/h5-7,11H,3-4H2,1-2H3. The van der Waals surface area contributed by atoms with Crippen LogP contribution in [-0.4, -0.2) is 13.2 Å². The van der Waals surface area contributed by atoms with E-state index < -0.39 is 6.29 Å². The molecule has 4 heteroatoms. The molecular weight excluding hydrogens is 263 g/mol. The predicted octanol–water partition coefficient (Wildman–Crippen LogP) is 3.66. The summed E-state index contributed by atoms with van der Waals surface area (Å²) in [6.07, 6.45) is -0.420. The molecule has 1 aromatic carbocycles. The van der Waals surface area contributed by atoms with Crippen molar-refractivity contribution in [3.63, 3.8) is 0 Å². The number of benzene rings is 1. The fourth-order valence-corrected chi connectivity index (χ4v) is 1.60. The minimum absolute atomic E-state index is 0.287. The summed E-state index contributed by atoms with van der Waals surface area (Å²) in [7, 11) is 0. The molecule has 1 aromatic rings. The maximum atomic E-state index is 13.0. The quantitative estimate of drug-likeness (QED) is 0.765. The fourth-order valence-electron chi connectivity index (χ4n) is 1.20. The lowest BCUT2D eigenvalue weighted by molar-refractivity contribution is -0.140. The highest BCUT2D eigenvalue weighted by Crippen LogP contribution is 2.24. The molecule has 0 atom stereocenters. The van der Waals surface area contributed by atoms with Crippen molar-refractivity contribution in [2.75, 3.05) is 13.2 Å². The third kappa shape index (κ3) is 3.55. The smallest absolute Gasteiger partial charge is 0.183 e. The van der Waals surface area contributed by atoms with E-state index in [2.05, 4.69) is 15.9 Å². The maximum Gasteiger partial charge on any atom is 0.183 e. The third-order valence-corrected chi connectivity index (χ3v) is 2.46. The summed E-state index contributed by atoms with van der Waals surface area (Å²) in [5.74, 6) is -0.287. The highest BCUT2D eigenvalue weighted by atomic mass is 79.9. The number of hydrogen-bond acceptors (Lipinski definition) is 2. The monoisotopic (exact) mass is 276 g/mol. The van der Waals surface area contributed by atoms with Crippen molar-refractivity contribution >= 4 is 15.9 Å². The summed E-state index contributed by atoms with van der Waals surface area (Å²) >= 11 is 3.13. The lowest BCUT2D eigenvalue weighted by Crippen LogP contribution is -2.08. The Balaban J connectivity index is 2.85. The van der Waals surface area contributed by atoms with Gasteiger partial charge in [-0.3, -0.25) is 0 Å². The van der Waals surface area contributed by atoms with Crippen molar-refractivity contribution in [3.05, 3.63) is 34.1 Å². The molecule has 1 rings (SSSR count). The van der Waals surface area contributed by atoms with Crippen LogP contribution in [0.15, 0.2) is 22.7 Å². The molecular formula is C11H14BrFO2. The number of rotatable bonds is 5. The van der Waals surface area contributed by atoms with E-state index in [1.165, 1.54) is 6.07 Å². The zero-order valence-corrected chi connectivity index (χ0v) is 10.4. The molecule has 2 nitrogen and oxygen atoms in total. The summed E-state index contributed by atoms with van der Waals surface area (Å²) in [5.41, 5.74) is 0.812. The van der Waals surface area contributed by atoms with Crippen LogP contribution in [0.2, 0.25) is 0 Å². The Labute approximate surface area is 97.5 Å². The molecule has 0 aromatic heterocycles. The molecule has 0 N–H and O–H groups in total. The van der Waals surface area contributed by atoms with E-state index in [1.807, 2.05) is 13.8 Å². The second-order valence-electron chi connectivity index (χ2n) is 2.92. The average Bonchev–Trinajstić information content (AvgIpc) is 2.22. The van der Waals surface area contributed by atoms with Gasteiger partial charge in [-0.25, -0.2) is 4.39 Å². The maximum absolute atomic E-state index is 13.0. The van der Waals surface area contributed by atoms with E-state index in [1.54, 1.807) is 12.1 Å². The zero-order valence-electron chi connectivity index (χ0n) is 8.80. The Kier molecular flexibility index (Phi) is 5.22. The lowest BCUT2D eigenvalue weighted by atomic mass is 10.2. The van der Waals surface area contributed by atoms with Crippen LogP contribution < -0.4 is 0 Å². The molecule has 0 fully saturated rings. The van der Waals surface area contributed by atoms with Crippen molar-refractivity contribution in [2.24, 2.45) is 0 Å². The zero-order chi connectivity index (χ0) is 11.3. The third-order valence-electron chi connectivity index (χ3n) is 1.85. The Morgan fingerprint density at radius 3 is 2.33 bits per heavy atom. The van der Waals surface area contributed by atoms with Crippen LogP contribution >= 0.6 is 15.9 Å². The van der Waals surface area contributed by atoms with E-state index in [0.717, 1.165) is 5.56 Å². The van der Waals surface area contributed by atoms with Crippen LogP contribution in [0.25, 0.3) is 0 Å². The van der Waals surface area contributed by atoms with Gasteiger partial charge in [-0.1, -0.05) is 6.07 Å². The Hall–Kier alpha value is -0.450. The largest absolute Gasteiger partial charge is 0.349 e. The van der Waals surface area contributed by atoms with E-state index >= 15 is 0 Å². The van der Waals surface area contributed by atoms with Gasteiger partial charge in [-0.05, 0) is 41.9 Å². The molecule has 0 bridgehead atoms. The van der Waals surface area contributed by atoms with Gasteiger partial charge in [0.15, 0.2) is 6.29 Å². The normalized spacial score (nSPS) is 11.0. The summed E-state index contributed by atoms with van der Waals surface area (Å²) in [5, 5.41) is 0. The Morgan fingerprint density at radius 2 is 1.87 bits per heavy atom. The van der Waals surface area contributed by atoms with Crippen molar-refractivity contribution in [2.45, 2.75) is 20.1 Å². The van der Waals surface area contributed by atoms with Gasteiger partial charge < -0.3 is 9.47 Å². The first kappa shape index (κ1) is 12.6. The number of halogens is 2. The first-order chi connectivity index (χ1) is 7.19. The second kappa shape index (κ2) is 6.20. The van der Waals surface area contributed by atoms with Gasteiger partial charge in [-0.15, -0.1) is 0 Å². The van der Waals surface area contributed by atoms with Crippen LogP contribution in [0.4, 0.5) is 4.39 Å². The summed E-state index contributed by atoms with van der Waals surface area (Å²) < 4.78 is 24.2. The van der Waals surface area contributed by atoms with Crippen LogP contribution in [0.3, 0.4) is 0 Å². The lowest BCUT2D eigenvalue weighted by Gasteiger charge is -2.17. The van der Waals surface area contributed by atoms with Crippen LogP contribution in [-0.2, 0) is 9.47 Å². The van der Waals surface area contributed by atoms with Gasteiger partial charge in [-0.2, -0.15) is 0 Å². The molecule has 0 aliphatic heterocycles.